The molecule has 0 saturated heterocycles. The zero-order chi connectivity index (χ0) is 13.8. The van der Waals surface area contributed by atoms with Gasteiger partial charge in [0, 0.05) is 0 Å². The van der Waals surface area contributed by atoms with Crippen molar-refractivity contribution in [1.82, 2.24) is 4.98 Å². The largest absolute Gasteiger partial charge is 0.491 e. The summed E-state index contributed by atoms with van der Waals surface area (Å²) in [6, 6.07) is 9.92. The van der Waals surface area contributed by atoms with Gasteiger partial charge in [-0.25, -0.2) is 4.39 Å². The van der Waals surface area contributed by atoms with Crippen LogP contribution in [-0.2, 0) is 0 Å². The van der Waals surface area contributed by atoms with Crippen LogP contribution in [0.4, 0.5) is 4.39 Å². The third-order valence-corrected chi connectivity index (χ3v) is 2.58. The predicted molar refractivity (Wildman–Crippen MR) is 70.5 cm³/mol. The van der Waals surface area contributed by atoms with Gasteiger partial charge in [-0.2, -0.15) is 0 Å². The van der Waals surface area contributed by atoms with Crippen LogP contribution in [0.3, 0.4) is 0 Å². The third-order valence-electron chi connectivity index (χ3n) is 2.58. The first-order valence-electron chi connectivity index (χ1n) is 6.12. The molecule has 1 heterocycles. The molecule has 0 radical (unpaired) electrons. The van der Waals surface area contributed by atoms with Crippen LogP contribution in [0.15, 0.2) is 42.6 Å². The number of rotatable bonds is 4. The SMILES string of the molecule is CC(C)Oc1cccc(C(O)c2ccc(F)cn2)c1. The molecule has 0 aliphatic rings. The van der Waals surface area contributed by atoms with Crippen LogP contribution in [0, 0.1) is 5.82 Å². The molecule has 0 amide bonds. The summed E-state index contributed by atoms with van der Waals surface area (Å²) in [6.45, 7) is 3.87. The van der Waals surface area contributed by atoms with Gasteiger partial charge in [0.15, 0.2) is 0 Å². The van der Waals surface area contributed by atoms with E-state index in [1.165, 1.54) is 12.1 Å². The molecule has 1 unspecified atom stereocenters. The van der Waals surface area contributed by atoms with Crippen LogP contribution in [0.1, 0.15) is 31.2 Å². The van der Waals surface area contributed by atoms with E-state index in [4.69, 9.17) is 4.74 Å². The van der Waals surface area contributed by atoms with Crippen molar-refractivity contribution in [2.75, 3.05) is 0 Å². The fourth-order valence-corrected chi connectivity index (χ4v) is 1.75. The molecule has 100 valence electrons. The molecule has 0 aliphatic heterocycles. The van der Waals surface area contributed by atoms with E-state index in [1.54, 1.807) is 18.2 Å². The first-order chi connectivity index (χ1) is 9.06. The van der Waals surface area contributed by atoms with E-state index in [0.29, 0.717) is 17.0 Å². The molecule has 1 aromatic carbocycles. The van der Waals surface area contributed by atoms with Crippen molar-refractivity contribution in [3.8, 4) is 5.75 Å². The topological polar surface area (TPSA) is 42.4 Å². The molecular weight excluding hydrogens is 245 g/mol. The minimum Gasteiger partial charge on any atom is -0.491 e. The molecule has 0 spiro atoms. The van der Waals surface area contributed by atoms with Crippen molar-refractivity contribution in [3.63, 3.8) is 0 Å². The lowest BCUT2D eigenvalue weighted by Gasteiger charge is -2.14. The summed E-state index contributed by atoms with van der Waals surface area (Å²) in [6.07, 6.45) is 0.264. The van der Waals surface area contributed by atoms with E-state index in [2.05, 4.69) is 4.98 Å². The van der Waals surface area contributed by atoms with Crippen LogP contribution in [0.5, 0.6) is 5.75 Å². The second-order valence-electron chi connectivity index (χ2n) is 4.54. The summed E-state index contributed by atoms with van der Waals surface area (Å²) in [5.74, 6) is 0.265. The van der Waals surface area contributed by atoms with Gasteiger partial charge in [0.1, 0.15) is 17.7 Å². The molecule has 3 nitrogen and oxygen atoms in total. The molecular formula is C15H16FNO2. The highest BCUT2D eigenvalue weighted by atomic mass is 19.1. The lowest BCUT2D eigenvalue weighted by Crippen LogP contribution is -2.07. The summed E-state index contributed by atoms with van der Waals surface area (Å²) in [4.78, 5) is 3.88. The van der Waals surface area contributed by atoms with Gasteiger partial charge < -0.3 is 9.84 Å². The number of aliphatic hydroxyl groups excluding tert-OH is 1. The average Bonchev–Trinajstić information content (AvgIpc) is 2.38. The van der Waals surface area contributed by atoms with Gasteiger partial charge in [-0.3, -0.25) is 4.98 Å². The number of pyridine rings is 1. The lowest BCUT2D eigenvalue weighted by atomic mass is 10.1. The fourth-order valence-electron chi connectivity index (χ4n) is 1.75. The van der Waals surface area contributed by atoms with Crippen molar-refractivity contribution < 1.29 is 14.2 Å². The third kappa shape index (κ3) is 3.51. The molecule has 0 bridgehead atoms. The Morgan fingerprint density at radius 1 is 1.21 bits per heavy atom. The van der Waals surface area contributed by atoms with Gasteiger partial charge in [0.05, 0.1) is 18.0 Å². The molecule has 19 heavy (non-hydrogen) atoms. The Bertz CT molecular complexity index is 540. The maximum Gasteiger partial charge on any atom is 0.141 e. The first-order valence-corrected chi connectivity index (χ1v) is 6.12. The summed E-state index contributed by atoms with van der Waals surface area (Å²) < 4.78 is 18.4. The van der Waals surface area contributed by atoms with E-state index in [-0.39, 0.29) is 6.10 Å². The number of aromatic nitrogens is 1. The minimum absolute atomic E-state index is 0.0661. The van der Waals surface area contributed by atoms with Crippen LogP contribution < -0.4 is 4.74 Å². The standard InChI is InChI=1S/C15H16FNO2/c1-10(2)19-13-5-3-4-11(8-13)15(18)14-7-6-12(16)9-17-14/h3-10,15,18H,1-2H3. The van der Waals surface area contributed by atoms with Gasteiger partial charge in [-0.05, 0) is 43.7 Å². The molecule has 2 aromatic rings. The summed E-state index contributed by atoms with van der Waals surface area (Å²) >= 11 is 0. The van der Waals surface area contributed by atoms with Crippen LogP contribution in [-0.4, -0.2) is 16.2 Å². The monoisotopic (exact) mass is 261 g/mol. The molecule has 2 rings (SSSR count). The highest BCUT2D eigenvalue weighted by Crippen LogP contribution is 2.24. The molecule has 1 aromatic heterocycles. The Hall–Kier alpha value is -1.94. The number of benzene rings is 1. The normalized spacial score (nSPS) is 12.5. The number of halogens is 1. The van der Waals surface area contributed by atoms with Crippen LogP contribution in [0.25, 0.3) is 0 Å². The minimum atomic E-state index is -0.892. The summed E-state index contributed by atoms with van der Waals surface area (Å²) in [5.41, 5.74) is 1.07. The summed E-state index contributed by atoms with van der Waals surface area (Å²) in [7, 11) is 0. The van der Waals surface area contributed by atoms with E-state index in [1.807, 2.05) is 19.9 Å². The number of hydrogen-bond acceptors (Lipinski definition) is 3. The van der Waals surface area contributed by atoms with Crippen molar-refractivity contribution in [3.05, 3.63) is 59.7 Å². The highest BCUT2D eigenvalue weighted by Gasteiger charge is 2.13. The molecule has 1 atom stereocenters. The van der Waals surface area contributed by atoms with Gasteiger partial charge in [0.2, 0.25) is 0 Å². The van der Waals surface area contributed by atoms with E-state index >= 15 is 0 Å². The number of aliphatic hydroxyl groups is 1. The van der Waals surface area contributed by atoms with Crippen molar-refractivity contribution in [2.45, 2.75) is 26.1 Å². The van der Waals surface area contributed by atoms with Crippen LogP contribution in [0.2, 0.25) is 0 Å². The maximum atomic E-state index is 12.8. The smallest absolute Gasteiger partial charge is 0.141 e. The average molecular weight is 261 g/mol. The van der Waals surface area contributed by atoms with Gasteiger partial charge >= 0.3 is 0 Å². The Kier molecular flexibility index (Phi) is 4.12. The zero-order valence-electron chi connectivity index (χ0n) is 10.9. The van der Waals surface area contributed by atoms with Crippen molar-refractivity contribution in [2.24, 2.45) is 0 Å². The van der Waals surface area contributed by atoms with E-state index in [0.717, 1.165) is 6.20 Å². The van der Waals surface area contributed by atoms with Gasteiger partial charge in [0.25, 0.3) is 0 Å². The van der Waals surface area contributed by atoms with Gasteiger partial charge in [-0.1, -0.05) is 12.1 Å². The Morgan fingerprint density at radius 3 is 2.63 bits per heavy atom. The highest BCUT2D eigenvalue weighted by molar-refractivity contribution is 5.33. The number of hydrogen-bond donors (Lipinski definition) is 1. The molecule has 0 aliphatic carbocycles. The first kappa shape index (κ1) is 13.5. The second kappa shape index (κ2) is 5.80. The van der Waals surface area contributed by atoms with E-state index < -0.39 is 11.9 Å². The van der Waals surface area contributed by atoms with E-state index in [9.17, 15) is 9.50 Å². The number of nitrogens with zero attached hydrogens (tertiary/aromatic N) is 1. The Balaban J connectivity index is 2.23. The fraction of sp³-hybridized carbons (Fsp3) is 0.267. The van der Waals surface area contributed by atoms with Crippen LogP contribution >= 0.6 is 0 Å². The Morgan fingerprint density at radius 2 is 2.00 bits per heavy atom. The van der Waals surface area contributed by atoms with Crippen molar-refractivity contribution >= 4 is 0 Å². The number of ether oxygens (including phenoxy) is 1. The quantitative estimate of drug-likeness (QED) is 0.919. The van der Waals surface area contributed by atoms with Gasteiger partial charge in [-0.15, -0.1) is 0 Å². The predicted octanol–water partition coefficient (Wildman–Crippen LogP) is 3.09. The second-order valence-corrected chi connectivity index (χ2v) is 4.54. The Labute approximate surface area is 111 Å². The molecule has 4 heteroatoms. The molecule has 1 N–H and O–H groups in total. The zero-order valence-corrected chi connectivity index (χ0v) is 10.9. The molecule has 0 saturated carbocycles. The summed E-state index contributed by atoms with van der Waals surface area (Å²) in [5, 5.41) is 10.2. The molecule has 0 fully saturated rings. The lowest BCUT2D eigenvalue weighted by molar-refractivity contribution is 0.212. The maximum absolute atomic E-state index is 12.8. The van der Waals surface area contributed by atoms with Crippen molar-refractivity contribution in [1.29, 1.82) is 0 Å².